The molecule has 1 amide bonds. The smallest absolute Gasteiger partial charge is 0.253 e. The number of hydrogen-bond acceptors (Lipinski definition) is 4. The molecule has 4 rings (SSSR count). The third-order valence-corrected chi connectivity index (χ3v) is 6.39. The molecule has 0 spiro atoms. The van der Waals surface area contributed by atoms with Crippen LogP contribution in [0.25, 0.3) is 10.9 Å². The van der Waals surface area contributed by atoms with Gasteiger partial charge in [-0.05, 0) is 67.7 Å². The van der Waals surface area contributed by atoms with Crippen molar-refractivity contribution in [1.82, 2.24) is 15.3 Å². The van der Waals surface area contributed by atoms with Gasteiger partial charge >= 0.3 is 0 Å². The zero-order valence-electron chi connectivity index (χ0n) is 17.7. The molecule has 0 bridgehead atoms. The first-order chi connectivity index (χ1) is 14.7. The maximum Gasteiger partial charge on any atom is 0.253 e. The average Bonchev–Trinajstić information content (AvgIpc) is 2.82. The number of hydrogen-bond donors (Lipinski definition) is 1. The molecule has 0 aliphatic heterocycles. The Balaban J connectivity index is 1.37. The predicted molar refractivity (Wildman–Crippen MR) is 119 cm³/mol. The number of nitrogens with zero attached hydrogens (tertiary/aromatic N) is 2. The Kier molecular flexibility index (Phi) is 6.26. The molecule has 3 aromatic rings. The number of amides is 1. The van der Waals surface area contributed by atoms with Gasteiger partial charge < -0.3 is 10.1 Å². The summed E-state index contributed by atoms with van der Waals surface area (Å²) in [5, 5.41) is 4.45. The lowest BCUT2D eigenvalue weighted by Gasteiger charge is -2.34. The van der Waals surface area contributed by atoms with E-state index in [0.29, 0.717) is 23.3 Å². The van der Waals surface area contributed by atoms with Crippen LogP contribution >= 0.6 is 0 Å². The summed E-state index contributed by atoms with van der Waals surface area (Å²) in [5.41, 5.74) is 2.97. The molecule has 156 valence electrons. The fraction of sp³-hybridized carbons (Fsp3) is 0.400. The molecule has 1 aromatic carbocycles. The largest absolute Gasteiger partial charge is 0.481 e. The van der Waals surface area contributed by atoms with Crippen molar-refractivity contribution >= 4 is 16.8 Å². The quantitative estimate of drug-likeness (QED) is 0.620. The van der Waals surface area contributed by atoms with E-state index in [2.05, 4.69) is 46.5 Å². The molecule has 1 atom stereocenters. The molecule has 5 heteroatoms. The summed E-state index contributed by atoms with van der Waals surface area (Å²) in [6.07, 6.45) is 9.08. The second-order valence-corrected chi connectivity index (χ2v) is 8.15. The van der Waals surface area contributed by atoms with E-state index in [1.54, 1.807) is 25.4 Å². The number of methoxy groups -OCH3 is 1. The van der Waals surface area contributed by atoms with Crippen LogP contribution in [-0.2, 0) is 0 Å². The molecule has 1 saturated carbocycles. The Hall–Kier alpha value is -2.95. The minimum Gasteiger partial charge on any atom is -0.481 e. The summed E-state index contributed by atoms with van der Waals surface area (Å²) in [7, 11) is 1.57. The first-order valence-electron chi connectivity index (χ1n) is 10.8. The van der Waals surface area contributed by atoms with Crippen LogP contribution in [0.4, 0.5) is 0 Å². The van der Waals surface area contributed by atoms with E-state index in [4.69, 9.17) is 4.74 Å². The lowest BCUT2D eigenvalue weighted by Crippen LogP contribution is -2.41. The van der Waals surface area contributed by atoms with E-state index in [9.17, 15) is 4.79 Å². The van der Waals surface area contributed by atoms with E-state index in [1.807, 2.05) is 12.3 Å². The Morgan fingerprint density at radius 3 is 2.60 bits per heavy atom. The maximum absolute atomic E-state index is 12.7. The Labute approximate surface area is 177 Å². The van der Waals surface area contributed by atoms with Crippen LogP contribution < -0.4 is 10.1 Å². The minimum atomic E-state index is -0.0575. The molecule has 0 unspecified atom stereocenters. The van der Waals surface area contributed by atoms with Crippen LogP contribution in [0.15, 0.2) is 54.9 Å². The maximum atomic E-state index is 12.7. The third-order valence-electron chi connectivity index (χ3n) is 6.39. The number of pyridine rings is 2. The van der Waals surface area contributed by atoms with Crippen molar-refractivity contribution in [1.29, 1.82) is 0 Å². The SMILES string of the molecule is CC[C@@H](NC(=O)c1ccc(OC)nc1)[C@H]1CC[C@H](c2cnc3ccccc3c2)CC1. The third kappa shape index (κ3) is 4.45. The van der Waals surface area contributed by atoms with E-state index in [0.717, 1.165) is 37.6 Å². The second kappa shape index (κ2) is 9.24. The van der Waals surface area contributed by atoms with E-state index < -0.39 is 0 Å². The molecular formula is C25H29N3O2. The molecular weight excluding hydrogens is 374 g/mol. The van der Waals surface area contributed by atoms with Crippen molar-refractivity contribution in [3.8, 4) is 5.88 Å². The topological polar surface area (TPSA) is 64.1 Å². The average molecular weight is 404 g/mol. The van der Waals surface area contributed by atoms with Crippen molar-refractivity contribution in [2.45, 2.75) is 51.0 Å². The van der Waals surface area contributed by atoms with Crippen molar-refractivity contribution in [2.24, 2.45) is 5.92 Å². The highest BCUT2D eigenvalue weighted by atomic mass is 16.5. The van der Waals surface area contributed by atoms with E-state index in [-0.39, 0.29) is 11.9 Å². The fourth-order valence-corrected chi connectivity index (χ4v) is 4.61. The highest BCUT2D eigenvalue weighted by molar-refractivity contribution is 5.94. The van der Waals surface area contributed by atoms with Gasteiger partial charge in [0.05, 0.1) is 18.2 Å². The molecule has 2 heterocycles. The van der Waals surface area contributed by atoms with Gasteiger partial charge in [0.2, 0.25) is 5.88 Å². The van der Waals surface area contributed by atoms with Crippen molar-refractivity contribution in [2.75, 3.05) is 7.11 Å². The van der Waals surface area contributed by atoms with Crippen molar-refractivity contribution in [3.05, 3.63) is 66.0 Å². The Bertz CT molecular complexity index is 995. The van der Waals surface area contributed by atoms with Crippen LogP contribution in [0.1, 0.15) is 60.9 Å². The van der Waals surface area contributed by atoms with Gasteiger partial charge in [0.25, 0.3) is 5.91 Å². The summed E-state index contributed by atoms with van der Waals surface area (Å²) in [6, 6.07) is 14.3. The molecule has 1 aliphatic carbocycles. The van der Waals surface area contributed by atoms with E-state index in [1.165, 1.54) is 10.9 Å². The number of nitrogens with one attached hydrogen (secondary N) is 1. The van der Waals surface area contributed by atoms with E-state index >= 15 is 0 Å². The number of fused-ring (bicyclic) bond motifs is 1. The highest BCUT2D eigenvalue weighted by Crippen LogP contribution is 2.38. The summed E-state index contributed by atoms with van der Waals surface area (Å²) in [6.45, 7) is 2.15. The van der Waals surface area contributed by atoms with Crippen LogP contribution in [-0.4, -0.2) is 29.0 Å². The number of ether oxygens (including phenoxy) is 1. The lowest BCUT2D eigenvalue weighted by molar-refractivity contribution is 0.0909. The van der Waals surface area contributed by atoms with Gasteiger partial charge in [-0.15, -0.1) is 0 Å². The molecule has 1 N–H and O–H groups in total. The van der Waals surface area contributed by atoms with Crippen LogP contribution in [0.3, 0.4) is 0 Å². The number of aromatic nitrogens is 2. The number of carbonyl (C=O) groups is 1. The summed E-state index contributed by atoms with van der Waals surface area (Å²) in [5.74, 6) is 1.52. The zero-order chi connectivity index (χ0) is 20.9. The van der Waals surface area contributed by atoms with Crippen LogP contribution in [0, 0.1) is 5.92 Å². The molecule has 5 nitrogen and oxygen atoms in total. The zero-order valence-corrected chi connectivity index (χ0v) is 17.7. The van der Waals surface area contributed by atoms with Gasteiger partial charge in [-0.2, -0.15) is 0 Å². The Morgan fingerprint density at radius 2 is 1.90 bits per heavy atom. The van der Waals surface area contributed by atoms with Gasteiger partial charge in [0, 0.05) is 29.9 Å². The summed E-state index contributed by atoms with van der Waals surface area (Å²) in [4.78, 5) is 21.4. The summed E-state index contributed by atoms with van der Waals surface area (Å²) >= 11 is 0. The number of rotatable bonds is 6. The van der Waals surface area contributed by atoms with Crippen LogP contribution in [0.2, 0.25) is 0 Å². The molecule has 1 aliphatic rings. The molecule has 1 fully saturated rings. The molecule has 0 saturated heterocycles. The molecule has 2 aromatic heterocycles. The predicted octanol–water partition coefficient (Wildman–Crippen LogP) is 5.12. The number of benzene rings is 1. The van der Waals surface area contributed by atoms with Crippen molar-refractivity contribution < 1.29 is 9.53 Å². The lowest BCUT2D eigenvalue weighted by atomic mass is 9.75. The highest BCUT2D eigenvalue weighted by Gasteiger charge is 2.29. The monoisotopic (exact) mass is 403 g/mol. The second-order valence-electron chi connectivity index (χ2n) is 8.15. The normalized spacial score (nSPS) is 19.9. The minimum absolute atomic E-state index is 0.0575. The number of para-hydroxylation sites is 1. The van der Waals surface area contributed by atoms with Gasteiger partial charge in [-0.1, -0.05) is 25.1 Å². The van der Waals surface area contributed by atoms with Crippen molar-refractivity contribution in [3.63, 3.8) is 0 Å². The first kappa shape index (κ1) is 20.3. The van der Waals surface area contributed by atoms with Gasteiger partial charge in [-0.25, -0.2) is 4.98 Å². The molecule has 0 radical (unpaired) electrons. The standard InChI is InChI=1S/C25H29N3O2/c1-3-22(28-25(29)20-12-13-24(30-2)27-15-20)18-10-8-17(9-11-18)21-14-19-6-4-5-7-23(19)26-16-21/h4-7,12-18,22H,3,8-11H2,1-2H3,(H,28,29)/t17-,18-,22-/m1/s1. The van der Waals surface area contributed by atoms with Crippen LogP contribution in [0.5, 0.6) is 5.88 Å². The van der Waals surface area contributed by atoms with Gasteiger partial charge in [0.15, 0.2) is 0 Å². The first-order valence-corrected chi connectivity index (χ1v) is 10.8. The molecule has 30 heavy (non-hydrogen) atoms. The van der Waals surface area contributed by atoms with Gasteiger partial charge in [-0.3, -0.25) is 9.78 Å². The van der Waals surface area contributed by atoms with Gasteiger partial charge in [0.1, 0.15) is 0 Å². The number of carbonyl (C=O) groups excluding carboxylic acids is 1. The fourth-order valence-electron chi connectivity index (χ4n) is 4.61. The Morgan fingerprint density at radius 1 is 1.10 bits per heavy atom. The summed E-state index contributed by atoms with van der Waals surface area (Å²) < 4.78 is 5.07.